The molecule has 1 atom stereocenters. The average Bonchev–Trinajstić information content (AvgIpc) is 3.20. The second-order valence-corrected chi connectivity index (χ2v) is 8.37. The first-order valence-electron chi connectivity index (χ1n) is 7.40. The van der Waals surface area contributed by atoms with Gasteiger partial charge in [-0.25, -0.2) is 13.1 Å². The molecule has 1 aliphatic heterocycles. The van der Waals surface area contributed by atoms with Crippen molar-refractivity contribution in [3.05, 3.63) is 36.5 Å². The van der Waals surface area contributed by atoms with Crippen LogP contribution in [0.2, 0.25) is 0 Å². The summed E-state index contributed by atoms with van der Waals surface area (Å²) in [4.78, 5) is 2.44. The molecular formula is C14H20N4O3S2. The molecule has 23 heavy (non-hydrogen) atoms. The number of thioether (sulfide) groups is 1. The van der Waals surface area contributed by atoms with Crippen LogP contribution in [0.4, 0.5) is 0 Å². The maximum Gasteiger partial charge on any atom is 0.243 e. The van der Waals surface area contributed by atoms with Gasteiger partial charge in [-0.3, -0.25) is 9.58 Å². The molecule has 0 aliphatic carbocycles. The molecule has 0 radical (unpaired) electrons. The van der Waals surface area contributed by atoms with Crippen molar-refractivity contribution in [1.29, 1.82) is 0 Å². The van der Waals surface area contributed by atoms with Crippen molar-refractivity contribution in [2.45, 2.75) is 10.9 Å². The molecule has 1 fully saturated rings. The first kappa shape index (κ1) is 16.6. The van der Waals surface area contributed by atoms with Gasteiger partial charge in [0, 0.05) is 44.4 Å². The number of aromatic nitrogens is 2. The topological polar surface area (TPSA) is 80.4 Å². The van der Waals surface area contributed by atoms with Crippen LogP contribution < -0.4 is 4.72 Å². The predicted molar refractivity (Wildman–Crippen MR) is 88.7 cm³/mol. The summed E-state index contributed by atoms with van der Waals surface area (Å²) in [6, 6.07) is 3.62. The van der Waals surface area contributed by atoms with Crippen molar-refractivity contribution in [1.82, 2.24) is 19.4 Å². The third-order valence-electron chi connectivity index (χ3n) is 3.82. The molecule has 3 heterocycles. The number of hydrogen-bond acceptors (Lipinski definition) is 6. The number of aryl methyl sites for hydroxylation is 1. The fraction of sp³-hybridized carbons (Fsp3) is 0.500. The standard InChI is InChI=1S/C14H20N4O3S2/c1-17-11-12(9-15-17)23(19,20)16-10-13(14-3-2-6-21-14)18-4-7-22-8-5-18/h2-3,6,9,11,13,16H,4-5,7-8,10H2,1H3. The van der Waals surface area contributed by atoms with E-state index in [9.17, 15) is 8.42 Å². The van der Waals surface area contributed by atoms with E-state index in [4.69, 9.17) is 4.42 Å². The summed E-state index contributed by atoms with van der Waals surface area (Å²) >= 11 is 1.91. The molecule has 0 spiro atoms. The molecule has 9 heteroatoms. The lowest BCUT2D eigenvalue weighted by atomic mass is 10.2. The summed E-state index contributed by atoms with van der Waals surface area (Å²) in [6.45, 7) is 2.12. The zero-order chi connectivity index (χ0) is 16.3. The van der Waals surface area contributed by atoms with E-state index in [2.05, 4.69) is 14.7 Å². The minimum absolute atomic E-state index is 0.0997. The summed E-state index contributed by atoms with van der Waals surface area (Å²) in [5, 5.41) is 3.92. The molecule has 1 aliphatic rings. The van der Waals surface area contributed by atoms with Gasteiger partial charge in [0.05, 0.1) is 18.5 Å². The number of nitrogens with one attached hydrogen (secondary N) is 1. The fourth-order valence-electron chi connectivity index (χ4n) is 2.59. The minimum Gasteiger partial charge on any atom is -0.468 e. The molecular weight excluding hydrogens is 336 g/mol. The highest BCUT2D eigenvalue weighted by molar-refractivity contribution is 7.99. The van der Waals surface area contributed by atoms with Gasteiger partial charge >= 0.3 is 0 Å². The molecule has 7 nitrogen and oxygen atoms in total. The van der Waals surface area contributed by atoms with Crippen LogP contribution in [0, 0.1) is 0 Å². The van der Waals surface area contributed by atoms with E-state index in [-0.39, 0.29) is 17.5 Å². The van der Waals surface area contributed by atoms with Crippen molar-refractivity contribution in [3.63, 3.8) is 0 Å². The van der Waals surface area contributed by atoms with Gasteiger partial charge < -0.3 is 4.42 Å². The molecule has 3 rings (SSSR count). The van der Waals surface area contributed by atoms with Gasteiger partial charge in [-0.05, 0) is 12.1 Å². The highest BCUT2D eigenvalue weighted by Crippen LogP contribution is 2.24. The Kier molecular flexibility index (Phi) is 5.10. The molecule has 0 aromatic carbocycles. The van der Waals surface area contributed by atoms with Crippen LogP contribution in [0.1, 0.15) is 11.8 Å². The number of sulfonamides is 1. The Hall–Kier alpha value is -1.29. The van der Waals surface area contributed by atoms with E-state index >= 15 is 0 Å². The lowest BCUT2D eigenvalue weighted by Crippen LogP contribution is -2.41. The van der Waals surface area contributed by atoms with Crippen molar-refractivity contribution in [2.24, 2.45) is 7.05 Å². The van der Waals surface area contributed by atoms with Crippen LogP contribution in [0.5, 0.6) is 0 Å². The lowest BCUT2D eigenvalue weighted by Gasteiger charge is -2.33. The predicted octanol–water partition coefficient (Wildman–Crippen LogP) is 1.08. The number of hydrogen-bond donors (Lipinski definition) is 1. The maximum atomic E-state index is 12.4. The van der Waals surface area contributed by atoms with Gasteiger partial charge in [0.2, 0.25) is 10.0 Å². The molecule has 1 saturated heterocycles. The molecule has 1 unspecified atom stereocenters. The van der Waals surface area contributed by atoms with Gasteiger partial charge in [-0.1, -0.05) is 0 Å². The van der Waals surface area contributed by atoms with E-state index < -0.39 is 10.0 Å². The van der Waals surface area contributed by atoms with E-state index in [1.165, 1.54) is 17.1 Å². The summed E-state index contributed by atoms with van der Waals surface area (Å²) < 4.78 is 34.5. The SMILES string of the molecule is Cn1cc(S(=O)(=O)NCC(c2ccco2)N2CCSCC2)cn1. The van der Waals surface area contributed by atoms with Gasteiger partial charge in [0.15, 0.2) is 0 Å². The van der Waals surface area contributed by atoms with E-state index in [0.29, 0.717) is 0 Å². The molecule has 2 aromatic rings. The monoisotopic (exact) mass is 356 g/mol. The summed E-state index contributed by atoms with van der Waals surface area (Å²) in [6.07, 6.45) is 4.46. The Balaban J connectivity index is 1.73. The average molecular weight is 356 g/mol. The first-order valence-corrected chi connectivity index (χ1v) is 10.0. The first-order chi connectivity index (χ1) is 11.1. The Labute approximate surface area is 140 Å². The molecule has 0 saturated carbocycles. The van der Waals surface area contributed by atoms with Gasteiger partial charge in [0.25, 0.3) is 0 Å². The van der Waals surface area contributed by atoms with Gasteiger partial charge in [0.1, 0.15) is 10.7 Å². The Morgan fingerprint density at radius 3 is 2.83 bits per heavy atom. The number of furan rings is 1. The van der Waals surface area contributed by atoms with Gasteiger partial charge in [-0.2, -0.15) is 16.9 Å². The summed E-state index contributed by atoms with van der Waals surface area (Å²) in [5.74, 6) is 2.88. The highest BCUT2D eigenvalue weighted by Gasteiger charge is 2.27. The molecule has 0 amide bonds. The number of rotatable bonds is 6. The normalized spacial score (nSPS) is 18.1. The second-order valence-electron chi connectivity index (χ2n) is 5.38. The molecule has 126 valence electrons. The van der Waals surface area contributed by atoms with Crippen molar-refractivity contribution >= 4 is 21.8 Å². The van der Waals surface area contributed by atoms with Crippen LogP contribution in [-0.2, 0) is 17.1 Å². The van der Waals surface area contributed by atoms with Crippen LogP contribution in [0.3, 0.4) is 0 Å². The molecule has 1 N–H and O–H groups in total. The third-order valence-corrected chi connectivity index (χ3v) is 6.14. The quantitative estimate of drug-likeness (QED) is 0.834. The number of nitrogens with zero attached hydrogens (tertiary/aromatic N) is 3. The lowest BCUT2D eigenvalue weighted by molar-refractivity contribution is 0.193. The smallest absolute Gasteiger partial charge is 0.243 e. The van der Waals surface area contributed by atoms with Gasteiger partial charge in [-0.15, -0.1) is 0 Å². The van der Waals surface area contributed by atoms with E-state index in [1.807, 2.05) is 23.9 Å². The minimum atomic E-state index is -3.57. The van der Waals surface area contributed by atoms with Crippen LogP contribution in [0.25, 0.3) is 0 Å². The summed E-state index contributed by atoms with van der Waals surface area (Å²) in [7, 11) is -1.88. The molecule has 0 bridgehead atoms. The van der Waals surface area contributed by atoms with Crippen LogP contribution in [-0.4, -0.2) is 54.2 Å². The fourth-order valence-corrected chi connectivity index (χ4v) is 4.54. The van der Waals surface area contributed by atoms with Crippen molar-refractivity contribution in [3.8, 4) is 0 Å². The zero-order valence-electron chi connectivity index (χ0n) is 12.9. The summed E-state index contributed by atoms with van der Waals surface area (Å²) in [5.41, 5.74) is 0. The highest BCUT2D eigenvalue weighted by atomic mass is 32.2. The zero-order valence-corrected chi connectivity index (χ0v) is 14.5. The van der Waals surface area contributed by atoms with E-state index in [0.717, 1.165) is 30.4 Å². The second kappa shape index (κ2) is 7.08. The third kappa shape index (κ3) is 3.97. The van der Waals surface area contributed by atoms with Crippen LogP contribution >= 0.6 is 11.8 Å². The van der Waals surface area contributed by atoms with Crippen molar-refractivity contribution < 1.29 is 12.8 Å². The van der Waals surface area contributed by atoms with Crippen molar-refractivity contribution in [2.75, 3.05) is 31.1 Å². The Morgan fingerprint density at radius 1 is 1.43 bits per heavy atom. The largest absolute Gasteiger partial charge is 0.468 e. The molecule has 2 aromatic heterocycles. The Bertz CT molecular complexity index is 721. The maximum absolute atomic E-state index is 12.4. The Morgan fingerprint density at radius 2 is 2.22 bits per heavy atom. The van der Waals surface area contributed by atoms with Crippen LogP contribution in [0.15, 0.2) is 40.1 Å². The van der Waals surface area contributed by atoms with E-state index in [1.54, 1.807) is 13.3 Å².